The minimum Gasteiger partial charge on any atom is -0.501 e. The summed E-state index contributed by atoms with van der Waals surface area (Å²) in [5, 5.41) is 15.9. The van der Waals surface area contributed by atoms with Crippen LogP contribution in [0.5, 0.6) is 5.75 Å². The monoisotopic (exact) mass is 581 g/mol. The number of carbonyl (C=O) groups excluding carboxylic acids is 3. The van der Waals surface area contributed by atoms with Crippen molar-refractivity contribution in [1.29, 1.82) is 0 Å². The molecule has 3 aromatic carbocycles. The number of hydrogen-bond donors (Lipinski definition) is 4. The van der Waals surface area contributed by atoms with Gasteiger partial charge in [0.05, 0.1) is 5.69 Å². The van der Waals surface area contributed by atoms with Gasteiger partial charge in [-0.05, 0) is 36.1 Å². The van der Waals surface area contributed by atoms with Crippen molar-refractivity contribution < 1.29 is 24.2 Å². The van der Waals surface area contributed by atoms with Crippen molar-refractivity contribution in [2.75, 3.05) is 18.4 Å². The van der Waals surface area contributed by atoms with E-state index >= 15 is 0 Å². The van der Waals surface area contributed by atoms with E-state index in [0.717, 1.165) is 11.1 Å². The highest BCUT2D eigenvalue weighted by molar-refractivity contribution is 5.97. The highest BCUT2D eigenvalue weighted by Crippen LogP contribution is 2.28. The number of piperidine rings is 1. The van der Waals surface area contributed by atoms with E-state index in [1.807, 2.05) is 60.7 Å². The Hall–Kier alpha value is -5.45. The third kappa shape index (κ3) is 7.25. The van der Waals surface area contributed by atoms with Gasteiger partial charge in [-0.15, -0.1) is 0 Å². The third-order valence-electron chi connectivity index (χ3n) is 7.18. The second kappa shape index (κ2) is 13.5. The molecule has 4 aromatic rings. The minimum atomic E-state index is -0.887. The number of H-pyrrole nitrogens is 1. The van der Waals surface area contributed by atoms with Crippen LogP contribution in [0.15, 0.2) is 89.7 Å². The van der Waals surface area contributed by atoms with Crippen LogP contribution in [0.25, 0.3) is 11.4 Å². The Labute approximate surface area is 247 Å². The van der Waals surface area contributed by atoms with Crippen molar-refractivity contribution in [3.05, 3.63) is 112 Å². The molecule has 4 N–H and O–H groups in total. The number of aromatic amines is 1. The number of carbonyl (C=O) groups is 3. The molecular formula is C32H31N5O6. The van der Waals surface area contributed by atoms with Gasteiger partial charge in [-0.2, -0.15) is 0 Å². The Morgan fingerprint density at radius 3 is 2.23 bits per heavy atom. The zero-order chi connectivity index (χ0) is 30.2. The molecule has 0 bridgehead atoms. The highest BCUT2D eigenvalue weighted by Gasteiger charge is 2.29. The molecule has 43 heavy (non-hydrogen) atoms. The predicted molar refractivity (Wildman–Crippen MR) is 159 cm³/mol. The summed E-state index contributed by atoms with van der Waals surface area (Å²) < 4.78 is 5.41. The molecule has 1 aromatic heterocycles. The van der Waals surface area contributed by atoms with Gasteiger partial charge in [-0.1, -0.05) is 72.8 Å². The first kappa shape index (κ1) is 29.1. The Morgan fingerprint density at radius 2 is 1.53 bits per heavy atom. The Morgan fingerprint density at radius 1 is 0.907 bits per heavy atom. The van der Waals surface area contributed by atoms with Crippen molar-refractivity contribution >= 4 is 23.6 Å². The number of amides is 3. The molecule has 1 saturated heterocycles. The molecule has 0 unspecified atom stereocenters. The van der Waals surface area contributed by atoms with Crippen molar-refractivity contribution in [2.45, 2.75) is 26.0 Å². The highest BCUT2D eigenvalue weighted by atomic mass is 16.6. The van der Waals surface area contributed by atoms with Crippen LogP contribution in [0.3, 0.4) is 0 Å². The van der Waals surface area contributed by atoms with Crippen LogP contribution >= 0.6 is 0 Å². The maximum absolute atomic E-state index is 13.2. The van der Waals surface area contributed by atoms with Crippen molar-refractivity contribution in [2.24, 2.45) is 5.92 Å². The van der Waals surface area contributed by atoms with Gasteiger partial charge in [0, 0.05) is 31.1 Å². The van der Waals surface area contributed by atoms with Crippen molar-refractivity contribution in [1.82, 2.24) is 20.2 Å². The molecule has 3 amide bonds. The Kier molecular flexibility index (Phi) is 9.11. The summed E-state index contributed by atoms with van der Waals surface area (Å²) in [6, 6.07) is 25.3. The number of rotatable bonds is 8. The quantitative estimate of drug-likeness (QED) is 0.245. The first-order valence-electron chi connectivity index (χ1n) is 13.9. The van der Waals surface area contributed by atoms with E-state index < -0.39 is 29.0 Å². The molecular weight excluding hydrogens is 550 g/mol. The number of likely N-dealkylation sites (tertiary alicyclic amines) is 1. The van der Waals surface area contributed by atoms with Gasteiger partial charge in [0.25, 0.3) is 11.5 Å². The average molecular weight is 582 g/mol. The fraction of sp³-hybridized carbons (Fsp3) is 0.219. The zero-order valence-electron chi connectivity index (χ0n) is 23.3. The second-order valence-corrected chi connectivity index (χ2v) is 10.1. The van der Waals surface area contributed by atoms with Crippen LogP contribution in [0.1, 0.15) is 34.5 Å². The van der Waals surface area contributed by atoms with Crippen LogP contribution in [0.4, 0.5) is 10.5 Å². The third-order valence-corrected chi connectivity index (χ3v) is 7.18. The lowest BCUT2D eigenvalue weighted by Gasteiger charge is -2.30. The number of nitrogens with one attached hydrogen (secondary N) is 3. The molecule has 0 aliphatic carbocycles. The molecule has 5 rings (SSSR count). The molecule has 0 radical (unpaired) electrons. The van der Waals surface area contributed by atoms with Crippen LogP contribution in [-0.2, 0) is 22.7 Å². The van der Waals surface area contributed by atoms with Crippen molar-refractivity contribution in [3.63, 3.8) is 0 Å². The molecule has 1 aliphatic rings. The van der Waals surface area contributed by atoms with E-state index in [0.29, 0.717) is 37.2 Å². The summed E-state index contributed by atoms with van der Waals surface area (Å²) >= 11 is 0. The number of nitrogens with zero attached hydrogens (tertiary/aromatic N) is 2. The fourth-order valence-corrected chi connectivity index (χ4v) is 4.78. The molecule has 1 fully saturated rings. The van der Waals surface area contributed by atoms with Crippen molar-refractivity contribution in [3.8, 4) is 17.1 Å². The zero-order valence-corrected chi connectivity index (χ0v) is 23.3. The number of ether oxygens (including phenoxy) is 1. The van der Waals surface area contributed by atoms with E-state index in [2.05, 4.69) is 20.6 Å². The maximum atomic E-state index is 13.2. The standard InChI is InChI=1S/C32H31N5O6/c38-27-26(30(40)33-19-21-9-3-1-4-10-21)35-28(36-31(27)41)24-13-7-8-14-25(24)34-29(39)23-15-17-37(18-16-23)32(42)43-20-22-11-5-2-6-12-22/h1-14,23,38H,15-20H2,(H,33,40)(H,34,39)(H,35,36,41). The normalized spacial score (nSPS) is 13.3. The van der Waals surface area contributed by atoms with E-state index in [1.54, 1.807) is 29.2 Å². The smallest absolute Gasteiger partial charge is 0.410 e. The molecule has 1 aliphatic heterocycles. The largest absolute Gasteiger partial charge is 0.501 e. The number of aromatic hydroxyl groups is 1. The number of aromatic nitrogens is 2. The lowest BCUT2D eigenvalue weighted by atomic mass is 9.96. The molecule has 0 saturated carbocycles. The topological polar surface area (TPSA) is 154 Å². The first-order valence-corrected chi connectivity index (χ1v) is 13.9. The van der Waals surface area contributed by atoms with Crippen LogP contribution < -0.4 is 16.2 Å². The summed E-state index contributed by atoms with van der Waals surface area (Å²) in [7, 11) is 0. The summed E-state index contributed by atoms with van der Waals surface area (Å²) in [6.45, 7) is 1.11. The van der Waals surface area contributed by atoms with Gasteiger partial charge in [-0.3, -0.25) is 14.4 Å². The van der Waals surface area contributed by atoms with E-state index in [4.69, 9.17) is 4.74 Å². The van der Waals surface area contributed by atoms with Gasteiger partial charge < -0.3 is 30.4 Å². The van der Waals surface area contributed by atoms with Crippen LogP contribution in [-0.4, -0.2) is 51.0 Å². The molecule has 2 heterocycles. The van der Waals surface area contributed by atoms with E-state index in [9.17, 15) is 24.3 Å². The molecule has 11 nitrogen and oxygen atoms in total. The first-order chi connectivity index (χ1) is 20.9. The molecule has 0 atom stereocenters. The van der Waals surface area contributed by atoms with Gasteiger partial charge in [0.2, 0.25) is 11.7 Å². The Balaban J connectivity index is 1.23. The van der Waals surface area contributed by atoms with Gasteiger partial charge in [0.15, 0.2) is 5.69 Å². The molecule has 220 valence electrons. The lowest BCUT2D eigenvalue weighted by Crippen LogP contribution is -2.41. The fourth-order valence-electron chi connectivity index (χ4n) is 4.78. The minimum absolute atomic E-state index is 0.0135. The Bertz CT molecular complexity index is 1650. The summed E-state index contributed by atoms with van der Waals surface area (Å²) in [6.07, 6.45) is 0.488. The molecule has 0 spiro atoms. The van der Waals surface area contributed by atoms with E-state index in [-0.39, 0.29) is 30.8 Å². The maximum Gasteiger partial charge on any atom is 0.410 e. The SMILES string of the molecule is O=C(NCc1ccccc1)c1nc(-c2ccccc2NC(=O)C2CCN(C(=O)OCc3ccccc3)CC2)[nH]c(=O)c1O. The summed E-state index contributed by atoms with van der Waals surface area (Å²) in [5.41, 5.74) is 1.16. The van der Waals surface area contributed by atoms with Gasteiger partial charge in [-0.25, -0.2) is 9.78 Å². The predicted octanol–water partition coefficient (Wildman–Crippen LogP) is 4.06. The lowest BCUT2D eigenvalue weighted by molar-refractivity contribution is -0.121. The summed E-state index contributed by atoms with van der Waals surface area (Å²) in [5.74, 6) is -2.10. The van der Waals surface area contributed by atoms with Gasteiger partial charge >= 0.3 is 6.09 Å². The van der Waals surface area contributed by atoms with E-state index in [1.165, 1.54) is 0 Å². The number of anilines is 1. The number of para-hydroxylation sites is 1. The van der Waals surface area contributed by atoms with Crippen LogP contribution in [0.2, 0.25) is 0 Å². The van der Waals surface area contributed by atoms with Crippen LogP contribution in [0, 0.1) is 5.92 Å². The average Bonchev–Trinajstić information content (AvgIpc) is 3.05. The summed E-state index contributed by atoms with van der Waals surface area (Å²) in [4.78, 5) is 59.4. The number of hydrogen-bond acceptors (Lipinski definition) is 7. The second-order valence-electron chi connectivity index (χ2n) is 10.1. The van der Waals surface area contributed by atoms with Gasteiger partial charge in [0.1, 0.15) is 12.4 Å². The number of benzene rings is 3. The molecule has 11 heteroatoms.